The van der Waals surface area contributed by atoms with E-state index in [-0.39, 0.29) is 23.4 Å². The van der Waals surface area contributed by atoms with Crippen LogP contribution < -0.4 is 16.0 Å². The second-order valence-electron chi connectivity index (χ2n) is 7.32. The Bertz CT molecular complexity index is 954. The van der Waals surface area contributed by atoms with Crippen molar-refractivity contribution in [3.8, 4) is 0 Å². The van der Waals surface area contributed by atoms with Gasteiger partial charge in [-0.1, -0.05) is 24.3 Å². The molecule has 3 amide bonds. The predicted molar refractivity (Wildman–Crippen MR) is 117 cm³/mol. The van der Waals surface area contributed by atoms with Gasteiger partial charge in [0, 0.05) is 18.2 Å². The molecule has 0 fully saturated rings. The van der Waals surface area contributed by atoms with Gasteiger partial charge in [-0.25, -0.2) is 9.59 Å². The molecule has 2 rings (SSSR count). The van der Waals surface area contributed by atoms with E-state index in [1.807, 2.05) is 13.8 Å². The molecular formula is C23H27N3O5. The molecule has 0 bridgehead atoms. The van der Waals surface area contributed by atoms with E-state index in [9.17, 15) is 19.2 Å². The van der Waals surface area contributed by atoms with Gasteiger partial charge in [0.25, 0.3) is 5.91 Å². The second-order valence-corrected chi connectivity index (χ2v) is 7.32. The molecule has 0 heterocycles. The van der Waals surface area contributed by atoms with Gasteiger partial charge in [0.1, 0.15) is 0 Å². The summed E-state index contributed by atoms with van der Waals surface area (Å²) in [4.78, 5) is 48.0. The smallest absolute Gasteiger partial charge is 0.338 e. The summed E-state index contributed by atoms with van der Waals surface area (Å²) in [5.74, 6) is -1.38. The first kappa shape index (κ1) is 23.6. The molecule has 0 unspecified atom stereocenters. The van der Waals surface area contributed by atoms with E-state index in [4.69, 9.17) is 4.74 Å². The molecule has 0 aliphatic rings. The van der Waals surface area contributed by atoms with E-state index in [0.717, 1.165) is 5.56 Å². The van der Waals surface area contributed by atoms with E-state index >= 15 is 0 Å². The monoisotopic (exact) mass is 425 g/mol. The first-order valence-corrected chi connectivity index (χ1v) is 9.92. The average Bonchev–Trinajstić information content (AvgIpc) is 2.72. The van der Waals surface area contributed by atoms with Crippen LogP contribution >= 0.6 is 0 Å². The number of para-hydroxylation sites is 1. The number of hydrogen-bond acceptors (Lipinski definition) is 5. The van der Waals surface area contributed by atoms with Gasteiger partial charge < -0.3 is 20.7 Å². The third kappa shape index (κ3) is 7.26. The predicted octanol–water partition coefficient (Wildman–Crippen LogP) is 3.28. The van der Waals surface area contributed by atoms with Gasteiger partial charge in [0.15, 0.2) is 11.9 Å². The van der Waals surface area contributed by atoms with E-state index < -0.39 is 18.0 Å². The van der Waals surface area contributed by atoms with Crippen LogP contribution in [0, 0.1) is 0 Å². The highest BCUT2D eigenvalue weighted by Gasteiger charge is 2.20. The summed E-state index contributed by atoms with van der Waals surface area (Å²) >= 11 is 0. The summed E-state index contributed by atoms with van der Waals surface area (Å²) in [6, 6.07) is 12.9. The topological polar surface area (TPSA) is 114 Å². The first-order chi connectivity index (χ1) is 14.7. The van der Waals surface area contributed by atoms with Gasteiger partial charge in [-0.2, -0.15) is 0 Å². The molecule has 8 nitrogen and oxygen atoms in total. The van der Waals surface area contributed by atoms with Crippen molar-refractivity contribution in [3.63, 3.8) is 0 Å². The fourth-order valence-electron chi connectivity index (χ4n) is 2.67. The number of carbonyl (C=O) groups is 4. The number of ether oxygens (including phenoxy) is 1. The number of rotatable bonds is 8. The van der Waals surface area contributed by atoms with Crippen LogP contribution in [0.2, 0.25) is 0 Å². The molecule has 31 heavy (non-hydrogen) atoms. The number of nitrogens with one attached hydrogen (secondary N) is 3. The first-order valence-electron chi connectivity index (χ1n) is 9.92. The number of amides is 3. The number of Topliss-reactive ketones (excluding diaryl/α,β-unsaturated/α-hetero) is 1. The Balaban J connectivity index is 1.91. The number of ketones is 1. The van der Waals surface area contributed by atoms with Crippen LogP contribution in [0.5, 0.6) is 0 Å². The highest BCUT2D eigenvalue weighted by Crippen LogP contribution is 2.16. The zero-order valence-electron chi connectivity index (χ0n) is 18.0. The van der Waals surface area contributed by atoms with Crippen molar-refractivity contribution < 1.29 is 23.9 Å². The lowest BCUT2D eigenvalue weighted by atomic mass is 10.1. The highest BCUT2D eigenvalue weighted by molar-refractivity contribution is 6.05. The van der Waals surface area contributed by atoms with Gasteiger partial charge in [0.05, 0.1) is 11.3 Å². The highest BCUT2D eigenvalue weighted by atomic mass is 16.5. The van der Waals surface area contributed by atoms with Crippen LogP contribution in [-0.4, -0.2) is 35.8 Å². The van der Waals surface area contributed by atoms with Gasteiger partial charge in [-0.3, -0.25) is 9.59 Å². The molecule has 8 heteroatoms. The molecule has 1 atom stereocenters. The Morgan fingerprint density at radius 1 is 0.935 bits per heavy atom. The molecule has 2 aromatic carbocycles. The van der Waals surface area contributed by atoms with Crippen LogP contribution in [0.4, 0.5) is 10.5 Å². The van der Waals surface area contributed by atoms with Crippen molar-refractivity contribution in [1.29, 1.82) is 0 Å². The van der Waals surface area contributed by atoms with Crippen molar-refractivity contribution in [1.82, 2.24) is 10.6 Å². The number of urea groups is 1. The Morgan fingerprint density at radius 2 is 1.58 bits per heavy atom. The summed E-state index contributed by atoms with van der Waals surface area (Å²) in [6.07, 6.45) is -1.06. The molecule has 0 radical (unpaired) electrons. The summed E-state index contributed by atoms with van der Waals surface area (Å²) in [6.45, 7) is 6.90. The zero-order valence-corrected chi connectivity index (χ0v) is 18.0. The number of hydrogen-bond donors (Lipinski definition) is 3. The van der Waals surface area contributed by atoms with Gasteiger partial charge in [-0.15, -0.1) is 0 Å². The maximum Gasteiger partial charge on any atom is 0.338 e. The van der Waals surface area contributed by atoms with E-state index in [1.165, 1.54) is 13.8 Å². The number of benzene rings is 2. The maximum atomic E-state index is 12.4. The normalized spacial score (nSPS) is 11.4. The molecule has 3 N–H and O–H groups in total. The van der Waals surface area contributed by atoms with Crippen LogP contribution in [0.3, 0.4) is 0 Å². The number of anilines is 1. The minimum absolute atomic E-state index is 0.0345. The van der Waals surface area contributed by atoms with E-state index in [0.29, 0.717) is 17.8 Å². The van der Waals surface area contributed by atoms with Crippen LogP contribution in [0.15, 0.2) is 48.5 Å². The van der Waals surface area contributed by atoms with Crippen molar-refractivity contribution >= 4 is 29.4 Å². The zero-order chi connectivity index (χ0) is 23.0. The molecule has 0 aliphatic heterocycles. The number of carbonyl (C=O) groups excluding carboxylic acids is 4. The van der Waals surface area contributed by atoms with Crippen molar-refractivity contribution in [3.05, 3.63) is 65.2 Å². The third-order valence-electron chi connectivity index (χ3n) is 4.28. The lowest BCUT2D eigenvalue weighted by Gasteiger charge is -2.15. The summed E-state index contributed by atoms with van der Waals surface area (Å²) < 4.78 is 5.24. The Hall–Kier alpha value is -3.68. The lowest BCUT2D eigenvalue weighted by molar-refractivity contribution is -0.123. The summed E-state index contributed by atoms with van der Waals surface area (Å²) in [7, 11) is 0. The minimum Gasteiger partial charge on any atom is -0.449 e. The minimum atomic E-state index is -1.06. The Morgan fingerprint density at radius 3 is 2.19 bits per heavy atom. The van der Waals surface area contributed by atoms with Crippen LogP contribution in [0.25, 0.3) is 0 Å². The van der Waals surface area contributed by atoms with E-state index in [2.05, 4.69) is 16.0 Å². The SMILES string of the molecule is CC(=O)c1ccccc1NC(=O)[C@H](C)OC(=O)c1ccc(CNC(=O)NC(C)C)cc1. The van der Waals surface area contributed by atoms with Crippen LogP contribution in [0.1, 0.15) is 54.0 Å². The van der Waals surface area contributed by atoms with Crippen molar-refractivity contribution in [2.24, 2.45) is 0 Å². The fourth-order valence-corrected chi connectivity index (χ4v) is 2.67. The van der Waals surface area contributed by atoms with E-state index in [1.54, 1.807) is 48.5 Å². The largest absolute Gasteiger partial charge is 0.449 e. The van der Waals surface area contributed by atoms with Crippen LogP contribution in [-0.2, 0) is 16.1 Å². The van der Waals surface area contributed by atoms with Gasteiger partial charge in [-0.05, 0) is 57.5 Å². The molecule has 0 aromatic heterocycles. The maximum absolute atomic E-state index is 12.4. The molecule has 0 saturated carbocycles. The molecule has 0 spiro atoms. The standard InChI is InChI=1S/C23H27N3O5/c1-14(2)25-23(30)24-13-17-9-11-18(12-10-17)22(29)31-16(4)21(28)26-20-8-6-5-7-19(20)15(3)27/h5-12,14,16H,13H2,1-4H3,(H,26,28)(H2,24,25,30)/t16-/m0/s1. The molecule has 164 valence electrons. The lowest BCUT2D eigenvalue weighted by Crippen LogP contribution is -2.39. The Labute approximate surface area is 181 Å². The third-order valence-corrected chi connectivity index (χ3v) is 4.28. The molecule has 2 aromatic rings. The molecule has 0 aliphatic carbocycles. The second kappa shape index (κ2) is 10.9. The fraction of sp³-hybridized carbons (Fsp3) is 0.304. The average molecular weight is 425 g/mol. The molecular weight excluding hydrogens is 398 g/mol. The summed E-state index contributed by atoms with van der Waals surface area (Å²) in [5.41, 5.74) is 1.82. The quantitative estimate of drug-likeness (QED) is 0.444. The van der Waals surface area contributed by atoms with Gasteiger partial charge >= 0.3 is 12.0 Å². The van der Waals surface area contributed by atoms with Gasteiger partial charge in [0.2, 0.25) is 0 Å². The Kier molecular flexibility index (Phi) is 8.31. The van der Waals surface area contributed by atoms with Crippen molar-refractivity contribution in [2.75, 3.05) is 5.32 Å². The summed E-state index contributed by atoms with van der Waals surface area (Å²) in [5, 5.41) is 8.05. The molecule has 0 saturated heterocycles. The number of esters is 1. The van der Waals surface area contributed by atoms with Crippen molar-refractivity contribution in [2.45, 2.75) is 46.4 Å².